The Balaban J connectivity index is 2.27. The highest BCUT2D eigenvalue weighted by molar-refractivity contribution is 5.80. The molecule has 0 aromatic rings. The second-order valence-electron chi connectivity index (χ2n) is 20.4. The van der Waals surface area contributed by atoms with Crippen LogP contribution in [0.4, 0.5) is 0 Å². The van der Waals surface area contributed by atoms with Gasteiger partial charge < -0.3 is 50.5 Å². The second kappa shape index (κ2) is 46.0. The van der Waals surface area contributed by atoms with Crippen molar-refractivity contribution in [2.24, 2.45) is 0 Å². The molecule has 0 saturated carbocycles. The van der Waals surface area contributed by atoms with Gasteiger partial charge in [-0.15, -0.1) is 0 Å². The van der Waals surface area contributed by atoms with Gasteiger partial charge >= 0.3 is 0 Å². The maximum Gasteiger partial charge on any atom is 0.249 e. The third-order valence-corrected chi connectivity index (χ3v) is 14.1. The van der Waals surface area contributed by atoms with Crippen LogP contribution in [0.15, 0.2) is 12.2 Å². The standard InChI is InChI=1S/C56H109NO10/c1-3-5-7-9-11-13-15-17-19-20-21-22-23-24-25-26-27-28-29-30-32-33-35-37-39-41-43-48(59)51(61)47(46-66-56-54(64)53(63)52(62)50(45-58)67-56)57-55(65)49(60)44-42-40-38-36-34-31-18-16-14-12-10-8-6-4-2/h14,16,47-54,56,58-64H,3-13,15,17-46H2,1-2H3,(H,57,65)/b16-14-. The maximum atomic E-state index is 13.1. The Morgan fingerprint density at radius 3 is 1.27 bits per heavy atom. The molecule has 1 saturated heterocycles. The van der Waals surface area contributed by atoms with Crippen LogP contribution < -0.4 is 5.32 Å². The highest BCUT2D eigenvalue weighted by Crippen LogP contribution is 2.23. The van der Waals surface area contributed by atoms with Gasteiger partial charge in [-0.3, -0.25) is 4.79 Å². The molecule has 398 valence electrons. The number of amides is 1. The van der Waals surface area contributed by atoms with Gasteiger partial charge in [0, 0.05) is 0 Å². The summed E-state index contributed by atoms with van der Waals surface area (Å²) >= 11 is 0. The topological polar surface area (TPSA) is 189 Å². The van der Waals surface area contributed by atoms with E-state index in [4.69, 9.17) is 9.47 Å². The summed E-state index contributed by atoms with van der Waals surface area (Å²) in [6, 6.07) is -1.17. The number of carbonyl (C=O) groups is 1. The van der Waals surface area contributed by atoms with E-state index in [1.54, 1.807) is 0 Å². The predicted octanol–water partition coefficient (Wildman–Crippen LogP) is 11.6. The van der Waals surface area contributed by atoms with Gasteiger partial charge in [-0.1, -0.05) is 244 Å². The summed E-state index contributed by atoms with van der Waals surface area (Å²) in [7, 11) is 0. The van der Waals surface area contributed by atoms with Crippen molar-refractivity contribution >= 4 is 5.91 Å². The Morgan fingerprint density at radius 1 is 0.507 bits per heavy atom. The van der Waals surface area contributed by atoms with Crippen LogP contribution in [-0.2, 0) is 14.3 Å². The quantitative estimate of drug-likeness (QED) is 0.0215. The number of ether oxygens (including phenoxy) is 2. The van der Waals surface area contributed by atoms with Gasteiger partial charge in [-0.2, -0.15) is 0 Å². The number of aliphatic hydroxyl groups is 7. The predicted molar refractivity (Wildman–Crippen MR) is 275 cm³/mol. The lowest BCUT2D eigenvalue weighted by Crippen LogP contribution is -2.60. The Hall–Kier alpha value is -1.15. The van der Waals surface area contributed by atoms with Crippen molar-refractivity contribution in [3.63, 3.8) is 0 Å². The smallest absolute Gasteiger partial charge is 0.249 e. The van der Waals surface area contributed by atoms with Crippen LogP contribution in [0.3, 0.4) is 0 Å². The average molecular weight is 956 g/mol. The van der Waals surface area contributed by atoms with Crippen LogP contribution in [0.2, 0.25) is 0 Å². The first-order valence-corrected chi connectivity index (χ1v) is 28.6. The molecule has 0 aromatic heterocycles. The van der Waals surface area contributed by atoms with E-state index in [-0.39, 0.29) is 6.42 Å². The van der Waals surface area contributed by atoms with Crippen molar-refractivity contribution < 1.29 is 50.0 Å². The van der Waals surface area contributed by atoms with Crippen LogP contribution in [0.5, 0.6) is 0 Å². The Labute approximate surface area is 411 Å². The summed E-state index contributed by atoms with van der Waals surface area (Å²) in [6.07, 6.45) is 41.3. The number of hydrogen-bond donors (Lipinski definition) is 8. The van der Waals surface area contributed by atoms with Crippen LogP contribution >= 0.6 is 0 Å². The van der Waals surface area contributed by atoms with Crippen molar-refractivity contribution in [3.05, 3.63) is 12.2 Å². The average Bonchev–Trinajstić information content (AvgIpc) is 3.33. The van der Waals surface area contributed by atoms with Gasteiger partial charge in [-0.05, 0) is 38.5 Å². The van der Waals surface area contributed by atoms with E-state index in [0.29, 0.717) is 19.3 Å². The van der Waals surface area contributed by atoms with Crippen molar-refractivity contribution in [2.45, 2.75) is 326 Å². The lowest BCUT2D eigenvalue weighted by atomic mass is 9.98. The minimum atomic E-state index is -1.66. The molecule has 11 heteroatoms. The zero-order chi connectivity index (χ0) is 49.0. The summed E-state index contributed by atoms with van der Waals surface area (Å²) in [4.78, 5) is 13.1. The van der Waals surface area contributed by atoms with Gasteiger partial charge in [-0.25, -0.2) is 0 Å². The lowest BCUT2D eigenvalue weighted by molar-refractivity contribution is -0.303. The molecule has 67 heavy (non-hydrogen) atoms. The van der Waals surface area contributed by atoms with Gasteiger partial charge in [0.2, 0.25) is 5.91 Å². The maximum absolute atomic E-state index is 13.1. The fraction of sp³-hybridized carbons (Fsp3) is 0.946. The first-order chi connectivity index (χ1) is 32.7. The molecule has 9 unspecified atom stereocenters. The van der Waals surface area contributed by atoms with E-state index in [1.165, 1.54) is 173 Å². The minimum Gasteiger partial charge on any atom is -0.394 e. The van der Waals surface area contributed by atoms with E-state index in [0.717, 1.165) is 57.8 Å². The minimum absolute atomic E-state index is 0.255. The van der Waals surface area contributed by atoms with Crippen LogP contribution in [-0.4, -0.2) is 110 Å². The molecule has 0 bridgehead atoms. The first-order valence-electron chi connectivity index (χ1n) is 28.6. The summed E-state index contributed by atoms with van der Waals surface area (Å²) in [6.45, 7) is 3.46. The Kier molecular flexibility index (Phi) is 43.8. The molecule has 0 aliphatic carbocycles. The molecule has 1 amide bonds. The summed E-state index contributed by atoms with van der Waals surface area (Å²) in [5, 5.41) is 76.0. The molecule has 8 N–H and O–H groups in total. The van der Waals surface area contributed by atoms with E-state index >= 15 is 0 Å². The number of unbranched alkanes of at least 4 members (excludes halogenated alkanes) is 35. The number of rotatable bonds is 49. The van der Waals surface area contributed by atoms with Crippen molar-refractivity contribution in [1.82, 2.24) is 5.32 Å². The van der Waals surface area contributed by atoms with E-state index in [1.807, 2.05) is 0 Å². The zero-order valence-corrected chi connectivity index (χ0v) is 43.4. The Morgan fingerprint density at radius 2 is 0.866 bits per heavy atom. The van der Waals surface area contributed by atoms with Crippen molar-refractivity contribution in [2.75, 3.05) is 13.2 Å². The Bertz CT molecular complexity index is 1100. The van der Waals surface area contributed by atoms with Crippen LogP contribution in [0.25, 0.3) is 0 Å². The molecule has 1 heterocycles. The molecular weight excluding hydrogens is 847 g/mol. The molecule has 1 aliphatic rings. The van der Waals surface area contributed by atoms with E-state index in [9.17, 15) is 40.5 Å². The summed E-state index contributed by atoms with van der Waals surface area (Å²) < 4.78 is 11.1. The number of aliphatic hydroxyl groups excluding tert-OH is 7. The largest absolute Gasteiger partial charge is 0.394 e. The zero-order valence-electron chi connectivity index (χ0n) is 43.4. The third kappa shape index (κ3) is 34.8. The second-order valence-corrected chi connectivity index (χ2v) is 20.4. The van der Waals surface area contributed by atoms with Crippen molar-refractivity contribution in [3.8, 4) is 0 Å². The normalized spacial score (nSPS) is 20.6. The lowest BCUT2D eigenvalue weighted by Gasteiger charge is -2.40. The molecule has 0 aromatic carbocycles. The van der Waals surface area contributed by atoms with Crippen molar-refractivity contribution in [1.29, 1.82) is 0 Å². The van der Waals surface area contributed by atoms with E-state index in [2.05, 4.69) is 31.3 Å². The van der Waals surface area contributed by atoms with Crippen LogP contribution in [0.1, 0.15) is 271 Å². The summed E-state index contributed by atoms with van der Waals surface area (Å²) in [5.74, 6) is -0.699. The summed E-state index contributed by atoms with van der Waals surface area (Å²) in [5.41, 5.74) is 0. The van der Waals surface area contributed by atoms with Crippen LogP contribution in [0, 0.1) is 0 Å². The number of hydrogen-bond acceptors (Lipinski definition) is 10. The number of allylic oxidation sites excluding steroid dienone is 2. The van der Waals surface area contributed by atoms with Gasteiger partial charge in [0.1, 0.15) is 36.6 Å². The highest BCUT2D eigenvalue weighted by Gasteiger charge is 2.44. The molecule has 11 nitrogen and oxygen atoms in total. The molecule has 0 spiro atoms. The molecular formula is C56H109NO10. The van der Waals surface area contributed by atoms with Gasteiger partial charge in [0.15, 0.2) is 6.29 Å². The molecule has 1 rings (SSSR count). The SMILES string of the molecule is CCCCCC/C=C\CCCCCCCCC(O)C(=O)NC(COC1OC(CO)C(O)C(O)C1O)C(O)C(O)CCCCCCCCCCCCCCCCCCCCCCCCCCCC. The first kappa shape index (κ1) is 63.9. The fourth-order valence-electron chi connectivity index (χ4n) is 9.38. The highest BCUT2D eigenvalue weighted by atomic mass is 16.7. The molecule has 1 aliphatic heterocycles. The molecule has 9 atom stereocenters. The monoisotopic (exact) mass is 956 g/mol. The number of nitrogens with one attached hydrogen (secondary N) is 1. The van der Waals surface area contributed by atoms with Gasteiger partial charge in [0.25, 0.3) is 0 Å². The number of carbonyl (C=O) groups excluding carboxylic acids is 1. The third-order valence-electron chi connectivity index (χ3n) is 14.1. The molecule has 1 fully saturated rings. The molecule has 0 radical (unpaired) electrons. The fourth-order valence-corrected chi connectivity index (χ4v) is 9.38. The van der Waals surface area contributed by atoms with Gasteiger partial charge in [0.05, 0.1) is 25.4 Å². The van der Waals surface area contributed by atoms with E-state index < -0.39 is 74.2 Å².